The van der Waals surface area contributed by atoms with Gasteiger partial charge in [0.25, 0.3) is 11.5 Å². The summed E-state index contributed by atoms with van der Waals surface area (Å²) in [6.07, 6.45) is 7.48. The minimum atomic E-state index is -0.650. The quantitative estimate of drug-likeness (QED) is 0.348. The molecule has 2 aromatic carbocycles. The third-order valence-electron chi connectivity index (χ3n) is 5.49. The van der Waals surface area contributed by atoms with Gasteiger partial charge in [0, 0.05) is 37.2 Å². The van der Waals surface area contributed by atoms with Crippen LogP contribution in [0.15, 0.2) is 59.5 Å². The Kier molecular flexibility index (Phi) is 6.16. The number of carbonyl (C=O) groups is 1. The SMILES string of the molecule is COC1C=Cc2cc(OCCCn3ccc4ccc(C(=O)NO)cc4c3=O)ccc2C1. The summed E-state index contributed by atoms with van der Waals surface area (Å²) in [5.74, 6) is 0.146. The Morgan fingerprint density at radius 1 is 1.23 bits per heavy atom. The molecule has 0 fully saturated rings. The molecule has 7 nitrogen and oxygen atoms in total. The van der Waals surface area contributed by atoms with E-state index in [4.69, 9.17) is 14.7 Å². The first-order chi connectivity index (χ1) is 15.1. The molecule has 7 heteroatoms. The van der Waals surface area contributed by atoms with Crippen LogP contribution in [0.3, 0.4) is 0 Å². The predicted octanol–water partition coefficient (Wildman–Crippen LogP) is 3.17. The van der Waals surface area contributed by atoms with Crippen LogP contribution in [0, 0.1) is 0 Å². The summed E-state index contributed by atoms with van der Waals surface area (Å²) in [6, 6.07) is 12.6. The van der Waals surface area contributed by atoms with E-state index >= 15 is 0 Å². The largest absolute Gasteiger partial charge is 0.494 e. The van der Waals surface area contributed by atoms with Crippen LogP contribution in [-0.4, -0.2) is 35.5 Å². The lowest BCUT2D eigenvalue weighted by molar-refractivity contribution is 0.0706. The number of fused-ring (bicyclic) bond motifs is 2. The summed E-state index contributed by atoms with van der Waals surface area (Å²) >= 11 is 0. The normalized spacial score (nSPS) is 15.0. The van der Waals surface area contributed by atoms with E-state index in [0.29, 0.717) is 25.0 Å². The van der Waals surface area contributed by atoms with Crippen molar-refractivity contribution in [3.63, 3.8) is 0 Å². The molecule has 0 saturated carbocycles. The molecule has 31 heavy (non-hydrogen) atoms. The summed E-state index contributed by atoms with van der Waals surface area (Å²) in [6.45, 7) is 0.964. The number of hydroxylamine groups is 1. The standard InChI is InChI=1S/C24H24N2O5/c1-30-20-7-5-18-14-21(8-6-17(18)13-20)31-12-2-10-26-11-9-16-3-4-19(23(27)25-29)15-22(16)24(26)28/h3-9,11,14-15,20,29H,2,10,12-13H2,1H3,(H,25,27). The molecule has 1 aromatic heterocycles. The molecule has 0 spiro atoms. The van der Waals surface area contributed by atoms with E-state index in [1.807, 2.05) is 24.3 Å². The fraction of sp³-hybridized carbons (Fsp3) is 0.250. The monoisotopic (exact) mass is 420 g/mol. The van der Waals surface area contributed by atoms with Crippen molar-refractivity contribution in [3.8, 4) is 5.75 Å². The predicted molar refractivity (Wildman–Crippen MR) is 118 cm³/mol. The van der Waals surface area contributed by atoms with E-state index in [0.717, 1.165) is 23.1 Å². The number of hydrogen-bond acceptors (Lipinski definition) is 5. The number of nitrogens with zero attached hydrogens (tertiary/aromatic N) is 1. The number of nitrogens with one attached hydrogen (secondary N) is 1. The van der Waals surface area contributed by atoms with E-state index in [-0.39, 0.29) is 17.2 Å². The molecule has 1 atom stereocenters. The molecular formula is C24H24N2O5. The fourth-order valence-corrected chi connectivity index (χ4v) is 3.75. The van der Waals surface area contributed by atoms with Crippen molar-refractivity contribution in [1.82, 2.24) is 10.0 Å². The Bertz CT molecular complexity index is 1200. The second-order valence-corrected chi connectivity index (χ2v) is 7.46. The number of hydrogen-bond donors (Lipinski definition) is 2. The van der Waals surface area contributed by atoms with Gasteiger partial charge in [0.2, 0.25) is 0 Å². The van der Waals surface area contributed by atoms with Gasteiger partial charge in [0.1, 0.15) is 5.75 Å². The van der Waals surface area contributed by atoms with Crippen LogP contribution in [0.1, 0.15) is 27.9 Å². The third kappa shape index (κ3) is 4.52. The summed E-state index contributed by atoms with van der Waals surface area (Å²) in [7, 11) is 1.71. The number of aromatic nitrogens is 1. The average Bonchev–Trinajstić information content (AvgIpc) is 2.82. The zero-order valence-electron chi connectivity index (χ0n) is 17.2. The van der Waals surface area contributed by atoms with E-state index in [2.05, 4.69) is 12.1 Å². The minimum Gasteiger partial charge on any atom is -0.494 e. The van der Waals surface area contributed by atoms with Gasteiger partial charge in [-0.2, -0.15) is 0 Å². The van der Waals surface area contributed by atoms with Gasteiger partial charge in [-0.25, -0.2) is 5.48 Å². The van der Waals surface area contributed by atoms with E-state index < -0.39 is 5.91 Å². The van der Waals surface area contributed by atoms with Crippen LogP contribution in [0.2, 0.25) is 0 Å². The first kappa shape index (κ1) is 20.8. The molecule has 1 unspecified atom stereocenters. The van der Waals surface area contributed by atoms with Gasteiger partial charge in [-0.1, -0.05) is 24.3 Å². The van der Waals surface area contributed by atoms with Crippen LogP contribution in [0.25, 0.3) is 16.8 Å². The van der Waals surface area contributed by atoms with Gasteiger partial charge in [0.05, 0.1) is 12.7 Å². The maximum atomic E-state index is 12.8. The molecule has 0 saturated heterocycles. The summed E-state index contributed by atoms with van der Waals surface area (Å²) in [4.78, 5) is 24.4. The highest BCUT2D eigenvalue weighted by Crippen LogP contribution is 2.25. The summed E-state index contributed by atoms with van der Waals surface area (Å²) in [5.41, 5.74) is 4.00. The molecule has 1 heterocycles. The lowest BCUT2D eigenvalue weighted by Crippen LogP contribution is -2.22. The maximum Gasteiger partial charge on any atom is 0.274 e. The molecular weight excluding hydrogens is 396 g/mol. The second-order valence-electron chi connectivity index (χ2n) is 7.46. The average molecular weight is 420 g/mol. The zero-order valence-corrected chi connectivity index (χ0v) is 17.2. The number of methoxy groups -OCH3 is 1. The highest BCUT2D eigenvalue weighted by Gasteiger charge is 2.13. The lowest BCUT2D eigenvalue weighted by atomic mass is 9.95. The maximum absolute atomic E-state index is 12.8. The van der Waals surface area contributed by atoms with Crippen molar-refractivity contribution in [2.75, 3.05) is 13.7 Å². The lowest BCUT2D eigenvalue weighted by Gasteiger charge is -2.19. The Morgan fingerprint density at radius 2 is 2.10 bits per heavy atom. The zero-order chi connectivity index (χ0) is 21.8. The van der Waals surface area contributed by atoms with E-state index in [1.165, 1.54) is 11.6 Å². The molecule has 160 valence electrons. The Morgan fingerprint density at radius 3 is 2.90 bits per heavy atom. The number of rotatable bonds is 7. The summed E-state index contributed by atoms with van der Waals surface area (Å²) in [5, 5.41) is 9.98. The highest BCUT2D eigenvalue weighted by atomic mass is 16.5. The van der Waals surface area contributed by atoms with E-state index in [1.54, 1.807) is 35.5 Å². The molecule has 4 rings (SSSR count). The molecule has 0 aliphatic heterocycles. The molecule has 3 aromatic rings. The summed E-state index contributed by atoms with van der Waals surface area (Å²) < 4.78 is 12.9. The van der Waals surface area contributed by atoms with Gasteiger partial charge < -0.3 is 14.0 Å². The van der Waals surface area contributed by atoms with Gasteiger partial charge >= 0.3 is 0 Å². The van der Waals surface area contributed by atoms with Gasteiger partial charge in [-0.05, 0) is 53.3 Å². The minimum absolute atomic E-state index is 0.119. The molecule has 1 aliphatic rings. The van der Waals surface area contributed by atoms with Crippen molar-refractivity contribution in [1.29, 1.82) is 0 Å². The number of aryl methyl sites for hydroxylation is 1. The van der Waals surface area contributed by atoms with Crippen molar-refractivity contribution >= 4 is 22.8 Å². The first-order valence-corrected chi connectivity index (χ1v) is 10.1. The van der Waals surface area contributed by atoms with Gasteiger partial charge in [-0.15, -0.1) is 0 Å². The highest BCUT2D eigenvalue weighted by molar-refractivity contribution is 5.97. The molecule has 2 N–H and O–H groups in total. The molecule has 0 radical (unpaired) electrons. The van der Waals surface area contributed by atoms with Gasteiger partial charge in [-0.3, -0.25) is 14.8 Å². The number of amides is 1. The van der Waals surface area contributed by atoms with Gasteiger partial charge in [0.15, 0.2) is 0 Å². The van der Waals surface area contributed by atoms with Crippen LogP contribution in [0.4, 0.5) is 0 Å². The van der Waals surface area contributed by atoms with Crippen LogP contribution in [0.5, 0.6) is 5.75 Å². The Balaban J connectivity index is 1.39. The first-order valence-electron chi connectivity index (χ1n) is 10.1. The van der Waals surface area contributed by atoms with Crippen molar-refractivity contribution in [2.45, 2.75) is 25.5 Å². The van der Waals surface area contributed by atoms with Crippen molar-refractivity contribution in [3.05, 3.63) is 81.8 Å². The fourth-order valence-electron chi connectivity index (χ4n) is 3.75. The van der Waals surface area contributed by atoms with Crippen LogP contribution in [-0.2, 0) is 17.7 Å². The second kappa shape index (κ2) is 9.16. The Labute approximate surface area is 179 Å². The van der Waals surface area contributed by atoms with E-state index in [9.17, 15) is 9.59 Å². The number of carbonyl (C=O) groups excluding carboxylic acids is 1. The van der Waals surface area contributed by atoms with Crippen molar-refractivity contribution < 1.29 is 19.5 Å². The van der Waals surface area contributed by atoms with Crippen LogP contribution >= 0.6 is 0 Å². The van der Waals surface area contributed by atoms with Crippen LogP contribution < -0.4 is 15.8 Å². The van der Waals surface area contributed by atoms with Crippen molar-refractivity contribution in [2.24, 2.45) is 0 Å². The number of pyridine rings is 1. The molecule has 0 bridgehead atoms. The number of benzene rings is 2. The molecule has 1 amide bonds. The topological polar surface area (TPSA) is 89.8 Å². The number of ether oxygens (including phenoxy) is 2. The third-order valence-corrected chi connectivity index (χ3v) is 5.49. The smallest absolute Gasteiger partial charge is 0.274 e. The molecule has 1 aliphatic carbocycles. The Hall–Kier alpha value is -3.42.